The minimum Gasteiger partial charge on any atom is -0.469 e. The number of aromatic nitrogens is 4. The first-order valence-electron chi connectivity index (χ1n) is 10.3. The largest absolute Gasteiger partial charge is 0.469 e. The molecule has 11 heteroatoms. The number of nitrogen functional groups attached to an aromatic ring is 1. The lowest BCUT2D eigenvalue weighted by molar-refractivity contribution is -0.163. The fraction of sp³-hybridized carbons (Fsp3) is 0.700. The lowest BCUT2D eigenvalue weighted by atomic mass is 9.79. The van der Waals surface area contributed by atoms with Crippen molar-refractivity contribution in [2.45, 2.75) is 57.0 Å². The first-order chi connectivity index (χ1) is 14.7. The Morgan fingerprint density at radius 1 is 1.32 bits per heavy atom. The number of carbonyl (C=O) groups excluding carboxylic acids is 1. The molecule has 0 aromatic carbocycles. The highest BCUT2D eigenvalue weighted by molar-refractivity contribution is 5.81. The average Bonchev–Trinajstić information content (AvgIpc) is 3.25. The van der Waals surface area contributed by atoms with Crippen LogP contribution in [0.5, 0.6) is 0 Å². The molecule has 170 valence electrons. The summed E-state index contributed by atoms with van der Waals surface area (Å²) in [7, 11) is 5.12. The van der Waals surface area contributed by atoms with Gasteiger partial charge >= 0.3 is 5.97 Å². The molecule has 2 aromatic rings. The lowest BCUT2D eigenvalue weighted by Gasteiger charge is -2.41. The summed E-state index contributed by atoms with van der Waals surface area (Å²) < 4.78 is 25.0. The van der Waals surface area contributed by atoms with E-state index in [1.807, 2.05) is 25.5 Å². The molecule has 2 fully saturated rings. The van der Waals surface area contributed by atoms with E-state index in [0.717, 1.165) is 12.8 Å². The Morgan fingerprint density at radius 2 is 2.06 bits per heavy atom. The van der Waals surface area contributed by atoms with E-state index < -0.39 is 18.1 Å². The first kappa shape index (κ1) is 21.9. The Balaban J connectivity index is 1.52. The molecule has 0 radical (unpaired) electrons. The van der Waals surface area contributed by atoms with Gasteiger partial charge in [-0.15, -0.1) is 0 Å². The Bertz CT molecular complexity index is 943. The maximum absolute atomic E-state index is 11.7. The number of methoxy groups -OCH3 is 2. The van der Waals surface area contributed by atoms with Gasteiger partial charge in [-0.2, -0.15) is 0 Å². The van der Waals surface area contributed by atoms with Gasteiger partial charge in [0.1, 0.15) is 24.1 Å². The Labute approximate surface area is 180 Å². The molecule has 1 aliphatic carbocycles. The molecule has 2 aromatic heterocycles. The van der Waals surface area contributed by atoms with E-state index in [1.165, 1.54) is 13.4 Å². The van der Waals surface area contributed by atoms with E-state index in [-0.39, 0.29) is 24.0 Å². The number of nitrogens with two attached hydrogens (primary N) is 1. The third kappa shape index (κ3) is 4.10. The summed E-state index contributed by atoms with van der Waals surface area (Å²) >= 11 is 0. The summed E-state index contributed by atoms with van der Waals surface area (Å²) in [5, 5.41) is 0. The fourth-order valence-electron chi connectivity index (χ4n) is 4.35. The van der Waals surface area contributed by atoms with Gasteiger partial charge in [-0.3, -0.25) is 9.36 Å². The zero-order chi connectivity index (χ0) is 22.3. The smallest absolute Gasteiger partial charge is 0.308 e. The van der Waals surface area contributed by atoms with Crippen molar-refractivity contribution in [3.05, 3.63) is 12.7 Å². The second-order valence-electron chi connectivity index (χ2n) is 8.63. The van der Waals surface area contributed by atoms with Crippen molar-refractivity contribution in [1.29, 1.82) is 0 Å². The molecule has 11 nitrogen and oxygen atoms in total. The number of anilines is 1. The fourth-order valence-corrected chi connectivity index (χ4v) is 4.35. The first-order valence-corrected chi connectivity index (χ1v) is 10.3. The van der Waals surface area contributed by atoms with Gasteiger partial charge in [0.25, 0.3) is 0 Å². The van der Waals surface area contributed by atoms with Gasteiger partial charge in [0.15, 0.2) is 23.5 Å². The van der Waals surface area contributed by atoms with Crippen LogP contribution in [0.1, 0.15) is 32.9 Å². The predicted molar refractivity (Wildman–Crippen MR) is 111 cm³/mol. The number of ether oxygens (including phenoxy) is 4. The van der Waals surface area contributed by atoms with E-state index in [4.69, 9.17) is 24.7 Å². The van der Waals surface area contributed by atoms with Crippen molar-refractivity contribution in [2.24, 2.45) is 5.92 Å². The molecule has 0 spiro atoms. The van der Waals surface area contributed by atoms with Crippen LogP contribution in [0.3, 0.4) is 0 Å². The summed E-state index contributed by atoms with van der Waals surface area (Å²) in [6.07, 6.45) is 3.40. The summed E-state index contributed by atoms with van der Waals surface area (Å²) in [5.41, 5.74) is 7.04. The van der Waals surface area contributed by atoms with Crippen LogP contribution in [0.25, 0.3) is 11.2 Å². The van der Waals surface area contributed by atoms with Crippen molar-refractivity contribution in [1.82, 2.24) is 24.4 Å². The number of hydrogen-bond donors (Lipinski definition) is 1. The van der Waals surface area contributed by atoms with Crippen molar-refractivity contribution < 1.29 is 23.7 Å². The second kappa shape index (κ2) is 8.30. The van der Waals surface area contributed by atoms with Crippen molar-refractivity contribution in [3.8, 4) is 0 Å². The maximum Gasteiger partial charge on any atom is 0.308 e. The molecule has 4 rings (SSSR count). The van der Waals surface area contributed by atoms with Gasteiger partial charge in [-0.25, -0.2) is 15.0 Å². The molecule has 1 aliphatic heterocycles. The monoisotopic (exact) mass is 434 g/mol. The number of esters is 1. The van der Waals surface area contributed by atoms with Gasteiger partial charge in [0.2, 0.25) is 0 Å². The van der Waals surface area contributed by atoms with Crippen LogP contribution in [0, 0.1) is 5.92 Å². The van der Waals surface area contributed by atoms with Crippen LogP contribution in [0.2, 0.25) is 0 Å². The molecule has 31 heavy (non-hydrogen) atoms. The third-order valence-electron chi connectivity index (χ3n) is 6.17. The van der Waals surface area contributed by atoms with Crippen molar-refractivity contribution in [2.75, 3.05) is 33.5 Å². The Morgan fingerprint density at radius 3 is 2.74 bits per heavy atom. The van der Waals surface area contributed by atoms with E-state index in [1.54, 1.807) is 13.4 Å². The summed E-state index contributed by atoms with van der Waals surface area (Å²) in [6, 6.07) is 0.289. The molecule has 2 aliphatic rings. The van der Waals surface area contributed by atoms with Gasteiger partial charge < -0.3 is 29.6 Å². The molecule has 2 N–H and O–H groups in total. The third-order valence-corrected chi connectivity index (χ3v) is 6.17. The van der Waals surface area contributed by atoms with Gasteiger partial charge in [-0.1, -0.05) is 0 Å². The number of carbonyl (C=O) groups is 1. The zero-order valence-electron chi connectivity index (χ0n) is 18.5. The van der Waals surface area contributed by atoms with Gasteiger partial charge in [0.05, 0.1) is 19.4 Å². The normalized spacial score (nSPS) is 28.6. The second-order valence-corrected chi connectivity index (χ2v) is 8.63. The molecule has 1 saturated heterocycles. The average molecular weight is 434 g/mol. The summed E-state index contributed by atoms with van der Waals surface area (Å²) in [6.45, 7) is 4.34. The van der Waals surface area contributed by atoms with Gasteiger partial charge in [-0.05, 0) is 33.7 Å². The number of likely N-dealkylation sites (N-methyl/N-ethyl adjacent to an activating group) is 1. The quantitative estimate of drug-likeness (QED) is 0.629. The van der Waals surface area contributed by atoms with Crippen LogP contribution in [-0.2, 0) is 23.7 Å². The molecular weight excluding hydrogens is 404 g/mol. The van der Waals surface area contributed by atoms with Crippen LogP contribution >= 0.6 is 0 Å². The molecule has 0 unspecified atom stereocenters. The van der Waals surface area contributed by atoms with Crippen molar-refractivity contribution >= 4 is 23.0 Å². The van der Waals surface area contributed by atoms with Crippen molar-refractivity contribution in [3.63, 3.8) is 0 Å². The number of fused-ring (bicyclic) bond motifs is 1. The molecule has 0 amide bonds. The van der Waals surface area contributed by atoms with Crippen LogP contribution in [-0.4, -0.2) is 82.2 Å². The topological polar surface area (TPSA) is 127 Å². The summed E-state index contributed by atoms with van der Waals surface area (Å²) in [4.78, 5) is 26.6. The lowest BCUT2D eigenvalue weighted by Crippen LogP contribution is -2.50. The highest BCUT2D eigenvalue weighted by Gasteiger charge is 2.48. The molecule has 0 bridgehead atoms. The number of hydrogen-bond acceptors (Lipinski definition) is 10. The molecular formula is C20H30N6O5. The van der Waals surface area contributed by atoms with Crippen LogP contribution in [0.15, 0.2) is 12.7 Å². The zero-order valence-corrected chi connectivity index (χ0v) is 18.5. The Hall–Kier alpha value is -2.34. The molecule has 1 saturated carbocycles. The Kier molecular flexibility index (Phi) is 5.86. The van der Waals surface area contributed by atoms with Crippen LogP contribution < -0.4 is 5.73 Å². The molecule has 3 atom stereocenters. The SMILES string of the molecule is COC(=O)C1CC(N(C)C[C@@H](OC)[C@H]2OC(C)(C)O[C@H]2n2cnc3c(N)ncnc32)C1. The minimum atomic E-state index is -0.813. The standard InChI is InChI=1S/C20H30N6O5/c1-20(2)30-15(13(28-4)8-25(3)12-6-11(7-12)19(27)29-5)18(31-20)26-10-24-14-16(21)22-9-23-17(14)26/h9-13,15,18H,6-8H2,1-5H3,(H2,21,22,23)/t11?,12?,13-,15-,18-/m1/s1. The number of rotatable bonds is 7. The van der Waals surface area contributed by atoms with E-state index in [0.29, 0.717) is 23.5 Å². The van der Waals surface area contributed by atoms with Gasteiger partial charge in [0, 0.05) is 19.7 Å². The number of imidazole rings is 1. The van der Waals surface area contributed by atoms with E-state index >= 15 is 0 Å². The highest BCUT2D eigenvalue weighted by Crippen LogP contribution is 2.39. The minimum absolute atomic E-state index is 0.0290. The van der Waals surface area contributed by atoms with E-state index in [2.05, 4.69) is 19.9 Å². The van der Waals surface area contributed by atoms with E-state index in [9.17, 15) is 4.79 Å². The summed E-state index contributed by atoms with van der Waals surface area (Å²) in [5.74, 6) is -0.674. The number of nitrogens with zero attached hydrogens (tertiary/aromatic N) is 5. The van der Waals surface area contributed by atoms with Crippen LogP contribution in [0.4, 0.5) is 5.82 Å². The highest BCUT2D eigenvalue weighted by atomic mass is 16.8. The maximum atomic E-state index is 11.7. The molecule has 3 heterocycles. The predicted octanol–water partition coefficient (Wildman–Crippen LogP) is 0.957.